The van der Waals surface area contributed by atoms with Crippen LogP contribution in [0.3, 0.4) is 0 Å². The molecule has 0 radical (unpaired) electrons. The lowest BCUT2D eigenvalue weighted by Gasteiger charge is -2.26. The Hall–Kier alpha value is -1.05. The highest BCUT2D eigenvalue weighted by molar-refractivity contribution is 8.00. The van der Waals surface area contributed by atoms with Gasteiger partial charge in [-0.3, -0.25) is 4.90 Å². The topological polar surface area (TPSA) is 69.6 Å². The van der Waals surface area contributed by atoms with Crippen LogP contribution in [-0.4, -0.2) is 52.1 Å². The van der Waals surface area contributed by atoms with E-state index in [4.69, 9.17) is 5.11 Å². The minimum Gasteiger partial charge on any atom is -0.480 e. The van der Waals surface area contributed by atoms with Crippen LogP contribution in [-0.2, 0) is 4.79 Å². The molecule has 0 aromatic rings. The molecule has 0 saturated carbocycles. The Bertz CT molecular complexity index is 304. The summed E-state index contributed by atoms with van der Waals surface area (Å²) in [7, 11) is 0. The van der Waals surface area contributed by atoms with Gasteiger partial charge in [0.05, 0.1) is 11.9 Å². The van der Waals surface area contributed by atoms with Gasteiger partial charge in [0.1, 0.15) is 6.04 Å². The van der Waals surface area contributed by atoms with Gasteiger partial charge in [-0.1, -0.05) is 6.92 Å². The molecule has 0 spiro atoms. The molecule has 1 aliphatic rings. The van der Waals surface area contributed by atoms with Gasteiger partial charge in [-0.2, -0.15) is 0 Å². The second kappa shape index (κ2) is 6.04. The molecule has 2 atom stereocenters. The number of halogens is 2. The summed E-state index contributed by atoms with van der Waals surface area (Å²) < 4.78 is 23.9. The van der Waals surface area contributed by atoms with E-state index in [-0.39, 0.29) is 11.1 Å². The average molecular weight is 268 g/mol. The fourth-order valence-electron chi connectivity index (χ4n) is 1.60. The highest BCUT2D eigenvalue weighted by Crippen LogP contribution is 2.31. The highest BCUT2D eigenvalue weighted by atomic mass is 32.2. The van der Waals surface area contributed by atoms with E-state index < -0.39 is 31.0 Å². The summed E-state index contributed by atoms with van der Waals surface area (Å²) in [5.41, 5.74) is 0. The largest absolute Gasteiger partial charge is 0.480 e. The van der Waals surface area contributed by atoms with E-state index >= 15 is 0 Å². The molecule has 1 saturated heterocycles. The van der Waals surface area contributed by atoms with Crippen LogP contribution in [0.4, 0.5) is 13.6 Å². The van der Waals surface area contributed by atoms with Crippen LogP contribution in [0.2, 0.25) is 0 Å². The molecule has 1 aliphatic heterocycles. The number of rotatable bonds is 4. The number of carboxylic acids is 1. The van der Waals surface area contributed by atoms with Crippen molar-refractivity contribution < 1.29 is 23.5 Å². The lowest BCUT2D eigenvalue weighted by molar-refractivity contribution is -0.141. The zero-order valence-electron chi connectivity index (χ0n) is 9.23. The molecular weight excluding hydrogens is 254 g/mol. The SMILES string of the molecule is CCC1SCC(C(=O)O)N1C(=O)NCC(F)F. The van der Waals surface area contributed by atoms with E-state index in [2.05, 4.69) is 0 Å². The molecule has 5 nitrogen and oxygen atoms in total. The number of thioether (sulfide) groups is 1. The number of carboxylic acid groups (broad SMARTS) is 1. The van der Waals surface area contributed by atoms with Crippen molar-refractivity contribution in [1.82, 2.24) is 10.2 Å². The van der Waals surface area contributed by atoms with Crippen molar-refractivity contribution in [3.05, 3.63) is 0 Å². The molecule has 0 bridgehead atoms. The number of carbonyl (C=O) groups is 2. The number of hydrogen-bond acceptors (Lipinski definition) is 3. The zero-order chi connectivity index (χ0) is 13.0. The molecule has 2 unspecified atom stereocenters. The maximum atomic E-state index is 12.0. The third-order valence-corrected chi connectivity index (χ3v) is 3.82. The molecule has 17 heavy (non-hydrogen) atoms. The summed E-state index contributed by atoms with van der Waals surface area (Å²) in [5, 5.41) is 10.7. The van der Waals surface area contributed by atoms with Gasteiger partial charge in [-0.15, -0.1) is 11.8 Å². The summed E-state index contributed by atoms with van der Waals surface area (Å²) in [6.07, 6.45) is -2.06. The Morgan fingerprint density at radius 3 is 2.71 bits per heavy atom. The Balaban J connectivity index is 2.67. The fourth-order valence-corrected chi connectivity index (χ4v) is 2.94. The standard InChI is InChI=1S/C9H14F2N2O3S/c1-2-7-13(5(4-17-7)8(14)15)9(16)12-3-6(10)11/h5-7H,2-4H2,1H3,(H,12,16)(H,14,15). The van der Waals surface area contributed by atoms with Crippen molar-refractivity contribution in [2.75, 3.05) is 12.3 Å². The number of nitrogens with one attached hydrogen (secondary N) is 1. The lowest BCUT2D eigenvalue weighted by atomic mass is 10.3. The molecule has 1 rings (SSSR count). The number of hydrogen-bond donors (Lipinski definition) is 2. The van der Waals surface area contributed by atoms with Crippen LogP contribution in [0.25, 0.3) is 0 Å². The number of aliphatic carboxylic acids is 1. The molecule has 0 aromatic carbocycles. The van der Waals surface area contributed by atoms with Gasteiger partial charge in [0, 0.05) is 5.75 Å². The van der Waals surface area contributed by atoms with Crippen LogP contribution in [0, 0.1) is 0 Å². The summed E-state index contributed by atoms with van der Waals surface area (Å²) in [4.78, 5) is 23.7. The van der Waals surface area contributed by atoms with Crippen LogP contribution in [0.15, 0.2) is 0 Å². The molecule has 8 heteroatoms. The molecule has 0 aromatic heterocycles. The summed E-state index contributed by atoms with van der Waals surface area (Å²) in [5.74, 6) is -0.823. The van der Waals surface area contributed by atoms with E-state index in [0.29, 0.717) is 6.42 Å². The van der Waals surface area contributed by atoms with E-state index in [1.54, 1.807) is 0 Å². The maximum absolute atomic E-state index is 12.0. The van der Waals surface area contributed by atoms with Gasteiger partial charge < -0.3 is 10.4 Å². The van der Waals surface area contributed by atoms with Gasteiger partial charge in [0.15, 0.2) is 0 Å². The summed E-state index contributed by atoms with van der Waals surface area (Å²) in [6.45, 7) is 1.05. The first-order valence-electron chi connectivity index (χ1n) is 5.16. The van der Waals surface area contributed by atoms with Gasteiger partial charge in [0.2, 0.25) is 0 Å². The van der Waals surface area contributed by atoms with Gasteiger partial charge >= 0.3 is 12.0 Å². The molecule has 0 aliphatic carbocycles. The number of carbonyl (C=O) groups excluding carboxylic acids is 1. The Labute approximate surface area is 102 Å². The third-order valence-electron chi connectivity index (χ3n) is 2.37. The van der Waals surface area contributed by atoms with Crippen LogP contribution in [0.1, 0.15) is 13.3 Å². The van der Waals surface area contributed by atoms with Gasteiger partial charge in [0.25, 0.3) is 6.43 Å². The van der Waals surface area contributed by atoms with Gasteiger partial charge in [-0.05, 0) is 6.42 Å². The van der Waals surface area contributed by atoms with Crippen LogP contribution in [0.5, 0.6) is 0 Å². The quantitative estimate of drug-likeness (QED) is 0.803. The number of urea groups is 1. The first-order chi connectivity index (χ1) is 7.97. The highest BCUT2D eigenvalue weighted by Gasteiger charge is 2.40. The number of nitrogens with zero attached hydrogens (tertiary/aromatic N) is 1. The third kappa shape index (κ3) is 3.45. The minimum absolute atomic E-state index is 0.270. The van der Waals surface area contributed by atoms with E-state index in [0.717, 1.165) is 4.90 Å². The first-order valence-corrected chi connectivity index (χ1v) is 6.21. The van der Waals surface area contributed by atoms with Crippen LogP contribution >= 0.6 is 11.8 Å². The van der Waals surface area contributed by atoms with Crippen molar-refractivity contribution in [2.45, 2.75) is 31.2 Å². The Morgan fingerprint density at radius 1 is 1.59 bits per heavy atom. The molecule has 98 valence electrons. The summed E-state index contributed by atoms with van der Waals surface area (Å²) in [6, 6.07) is -1.68. The monoisotopic (exact) mass is 268 g/mol. The second-order valence-corrected chi connectivity index (χ2v) is 4.75. The lowest BCUT2D eigenvalue weighted by Crippen LogP contribution is -2.50. The van der Waals surface area contributed by atoms with Crippen molar-refractivity contribution in [1.29, 1.82) is 0 Å². The second-order valence-electron chi connectivity index (χ2n) is 3.53. The smallest absolute Gasteiger partial charge is 0.327 e. The predicted molar refractivity (Wildman–Crippen MR) is 59.2 cm³/mol. The predicted octanol–water partition coefficient (Wildman–Crippen LogP) is 1.20. The van der Waals surface area contributed by atoms with E-state index in [9.17, 15) is 18.4 Å². The fraction of sp³-hybridized carbons (Fsp3) is 0.778. The minimum atomic E-state index is -2.64. The normalized spacial score (nSPS) is 24.1. The Morgan fingerprint density at radius 2 is 2.24 bits per heavy atom. The number of alkyl halides is 2. The Kier molecular flexibility index (Phi) is 4.98. The van der Waals surface area contributed by atoms with Crippen molar-refractivity contribution in [2.24, 2.45) is 0 Å². The number of amides is 2. The van der Waals surface area contributed by atoms with Crippen LogP contribution < -0.4 is 5.32 Å². The maximum Gasteiger partial charge on any atom is 0.327 e. The molecular formula is C9H14F2N2O3S. The zero-order valence-corrected chi connectivity index (χ0v) is 10.0. The molecule has 2 N–H and O–H groups in total. The first kappa shape index (κ1) is 14.0. The molecule has 1 heterocycles. The van der Waals surface area contributed by atoms with E-state index in [1.165, 1.54) is 11.8 Å². The van der Waals surface area contributed by atoms with Crippen molar-refractivity contribution in [3.8, 4) is 0 Å². The molecule has 2 amide bonds. The molecule has 1 fully saturated rings. The van der Waals surface area contributed by atoms with E-state index in [1.807, 2.05) is 12.2 Å². The van der Waals surface area contributed by atoms with Crippen molar-refractivity contribution in [3.63, 3.8) is 0 Å². The van der Waals surface area contributed by atoms with Crippen molar-refractivity contribution >= 4 is 23.8 Å². The van der Waals surface area contributed by atoms with Gasteiger partial charge in [-0.25, -0.2) is 18.4 Å². The average Bonchev–Trinajstić information content (AvgIpc) is 2.69. The summed E-state index contributed by atoms with van der Waals surface area (Å²) >= 11 is 1.35.